The molecule has 0 aliphatic heterocycles. The van der Waals surface area contributed by atoms with E-state index in [4.69, 9.17) is 9.68 Å². The number of phenolic OH excluding ortho intramolecular Hbond substituents is 1. The van der Waals surface area contributed by atoms with Gasteiger partial charge in [0.1, 0.15) is 23.0 Å². The largest absolute Gasteiger partial charge is 0.507 e. The molecule has 0 radical (unpaired) electrons. The lowest BCUT2D eigenvalue weighted by Gasteiger charge is -2.02. The lowest BCUT2D eigenvalue weighted by molar-refractivity contribution is -0.117. The summed E-state index contributed by atoms with van der Waals surface area (Å²) >= 11 is 0. The van der Waals surface area contributed by atoms with E-state index in [2.05, 4.69) is 5.32 Å². The number of nitriles is 1. The first-order chi connectivity index (χ1) is 9.65. The highest BCUT2D eigenvalue weighted by atomic mass is 16.3. The minimum absolute atomic E-state index is 0.0104. The van der Waals surface area contributed by atoms with Gasteiger partial charge in [0.15, 0.2) is 0 Å². The van der Waals surface area contributed by atoms with Gasteiger partial charge in [-0.15, -0.1) is 0 Å². The van der Waals surface area contributed by atoms with Crippen LogP contribution in [0.1, 0.15) is 18.9 Å². The number of aromatic hydroxyl groups is 1. The first-order valence-electron chi connectivity index (χ1n) is 6.26. The molecule has 0 saturated carbocycles. The third kappa shape index (κ3) is 2.81. The molecule has 5 heteroatoms. The van der Waals surface area contributed by atoms with Crippen LogP contribution in [0.2, 0.25) is 0 Å². The molecule has 2 rings (SSSR count). The minimum atomic E-state index is -0.423. The molecule has 1 aromatic carbocycles. The van der Waals surface area contributed by atoms with E-state index < -0.39 is 5.91 Å². The summed E-state index contributed by atoms with van der Waals surface area (Å²) in [4.78, 5) is 11.7. The van der Waals surface area contributed by atoms with Gasteiger partial charge in [0.2, 0.25) is 0 Å². The standard InChI is InChI=1S/C15H14N2O3/c1-2-4-17-15(19)11(9-16)6-10-7-13(18)12-3-5-20-14(12)8-10/h3,5-8,18H,2,4H2,1H3,(H,17,19)/b11-6-. The smallest absolute Gasteiger partial charge is 0.261 e. The summed E-state index contributed by atoms with van der Waals surface area (Å²) in [5.74, 6) is -0.373. The lowest BCUT2D eigenvalue weighted by Crippen LogP contribution is -2.25. The highest BCUT2D eigenvalue weighted by Gasteiger charge is 2.10. The number of hydrogen-bond donors (Lipinski definition) is 2. The summed E-state index contributed by atoms with van der Waals surface area (Å²) in [6, 6.07) is 6.66. The third-order valence-electron chi connectivity index (χ3n) is 2.78. The van der Waals surface area contributed by atoms with Gasteiger partial charge in [0.25, 0.3) is 5.91 Å². The molecule has 1 aromatic heterocycles. The molecule has 2 N–H and O–H groups in total. The van der Waals surface area contributed by atoms with Gasteiger partial charge in [-0.25, -0.2) is 0 Å². The van der Waals surface area contributed by atoms with E-state index >= 15 is 0 Å². The van der Waals surface area contributed by atoms with E-state index in [1.54, 1.807) is 12.1 Å². The molecular weight excluding hydrogens is 256 g/mol. The van der Waals surface area contributed by atoms with Gasteiger partial charge >= 0.3 is 0 Å². The van der Waals surface area contributed by atoms with Crippen LogP contribution in [0.25, 0.3) is 17.0 Å². The van der Waals surface area contributed by atoms with E-state index in [1.807, 2.05) is 13.0 Å². The van der Waals surface area contributed by atoms with E-state index in [0.717, 1.165) is 6.42 Å². The molecule has 102 valence electrons. The van der Waals surface area contributed by atoms with Crippen LogP contribution in [0.3, 0.4) is 0 Å². The number of rotatable bonds is 4. The SMILES string of the molecule is CCCNC(=O)/C(C#N)=C\c1cc(O)c2ccoc2c1. The summed E-state index contributed by atoms with van der Waals surface area (Å²) in [6.07, 6.45) is 3.69. The van der Waals surface area contributed by atoms with E-state index in [-0.39, 0.29) is 11.3 Å². The zero-order valence-electron chi connectivity index (χ0n) is 11.0. The average Bonchev–Trinajstić information content (AvgIpc) is 2.91. The van der Waals surface area contributed by atoms with Crippen LogP contribution < -0.4 is 5.32 Å². The van der Waals surface area contributed by atoms with Crippen molar-refractivity contribution in [2.45, 2.75) is 13.3 Å². The summed E-state index contributed by atoms with van der Waals surface area (Å²) in [7, 11) is 0. The molecule has 1 amide bonds. The fourth-order valence-corrected chi connectivity index (χ4v) is 1.81. The first kappa shape index (κ1) is 13.7. The van der Waals surface area contributed by atoms with Crippen molar-refractivity contribution in [3.05, 3.63) is 35.6 Å². The monoisotopic (exact) mass is 270 g/mol. The number of carbonyl (C=O) groups excluding carboxylic acids is 1. The summed E-state index contributed by atoms with van der Waals surface area (Å²) in [5.41, 5.74) is 1.03. The minimum Gasteiger partial charge on any atom is -0.507 e. The van der Waals surface area contributed by atoms with Crippen LogP contribution in [0.15, 0.2) is 34.5 Å². The van der Waals surface area contributed by atoms with Gasteiger partial charge in [0, 0.05) is 6.54 Å². The van der Waals surface area contributed by atoms with Crippen molar-refractivity contribution in [1.29, 1.82) is 5.26 Å². The molecule has 0 unspecified atom stereocenters. The molecule has 1 heterocycles. The van der Waals surface area contributed by atoms with E-state index in [0.29, 0.717) is 23.1 Å². The average molecular weight is 270 g/mol. The number of carbonyl (C=O) groups is 1. The Morgan fingerprint density at radius 2 is 2.35 bits per heavy atom. The highest BCUT2D eigenvalue weighted by molar-refractivity contribution is 6.02. The van der Waals surface area contributed by atoms with Gasteiger partial charge in [-0.3, -0.25) is 4.79 Å². The zero-order chi connectivity index (χ0) is 14.5. The van der Waals surface area contributed by atoms with Gasteiger partial charge in [-0.05, 0) is 36.3 Å². The topological polar surface area (TPSA) is 86.3 Å². The Balaban J connectivity index is 2.34. The van der Waals surface area contributed by atoms with E-state index in [9.17, 15) is 9.90 Å². The second-order valence-electron chi connectivity index (χ2n) is 4.30. The van der Waals surface area contributed by atoms with Crippen molar-refractivity contribution in [2.24, 2.45) is 0 Å². The first-order valence-corrected chi connectivity index (χ1v) is 6.26. The number of fused-ring (bicyclic) bond motifs is 1. The molecule has 20 heavy (non-hydrogen) atoms. The van der Waals surface area contributed by atoms with Crippen molar-refractivity contribution >= 4 is 23.0 Å². The summed E-state index contributed by atoms with van der Waals surface area (Å²) in [6.45, 7) is 2.44. The quantitative estimate of drug-likeness (QED) is 0.660. The Morgan fingerprint density at radius 1 is 1.55 bits per heavy atom. The number of phenols is 1. The highest BCUT2D eigenvalue weighted by Crippen LogP contribution is 2.28. The van der Waals surface area contributed by atoms with Gasteiger partial charge < -0.3 is 14.8 Å². The molecule has 0 aliphatic rings. The van der Waals surface area contributed by atoms with Gasteiger partial charge in [0.05, 0.1) is 11.6 Å². The van der Waals surface area contributed by atoms with Crippen LogP contribution in [0.5, 0.6) is 5.75 Å². The third-order valence-corrected chi connectivity index (χ3v) is 2.78. The normalized spacial score (nSPS) is 11.3. The number of nitrogens with zero attached hydrogens (tertiary/aromatic N) is 1. The molecule has 0 aliphatic carbocycles. The molecule has 0 spiro atoms. The van der Waals surface area contributed by atoms with Crippen molar-refractivity contribution in [3.8, 4) is 11.8 Å². The zero-order valence-corrected chi connectivity index (χ0v) is 11.0. The number of benzene rings is 1. The number of nitrogens with one attached hydrogen (secondary N) is 1. The lowest BCUT2D eigenvalue weighted by atomic mass is 10.1. The molecule has 0 atom stereocenters. The fraction of sp³-hybridized carbons (Fsp3) is 0.200. The van der Waals surface area contributed by atoms with Crippen LogP contribution in [0, 0.1) is 11.3 Å². The Morgan fingerprint density at radius 3 is 3.05 bits per heavy atom. The maximum absolute atomic E-state index is 11.7. The van der Waals surface area contributed by atoms with Crippen LogP contribution in [-0.4, -0.2) is 17.6 Å². The van der Waals surface area contributed by atoms with E-state index in [1.165, 1.54) is 18.4 Å². The number of amides is 1. The molecule has 2 aromatic rings. The predicted octanol–water partition coefficient (Wildman–Crippen LogP) is 2.57. The summed E-state index contributed by atoms with van der Waals surface area (Å²) < 4.78 is 5.21. The molecule has 0 fully saturated rings. The maximum atomic E-state index is 11.7. The second kappa shape index (κ2) is 5.93. The molecule has 5 nitrogen and oxygen atoms in total. The van der Waals surface area contributed by atoms with Gasteiger partial charge in [-0.1, -0.05) is 6.92 Å². The van der Waals surface area contributed by atoms with Crippen molar-refractivity contribution in [2.75, 3.05) is 6.54 Å². The number of furan rings is 1. The van der Waals surface area contributed by atoms with Crippen molar-refractivity contribution in [3.63, 3.8) is 0 Å². The van der Waals surface area contributed by atoms with Crippen molar-refractivity contribution < 1.29 is 14.3 Å². The summed E-state index contributed by atoms with van der Waals surface area (Å²) in [5, 5.41) is 22.1. The van der Waals surface area contributed by atoms with Crippen LogP contribution in [-0.2, 0) is 4.79 Å². The Bertz CT molecular complexity index is 707. The Labute approximate surface area is 116 Å². The fourth-order valence-electron chi connectivity index (χ4n) is 1.81. The molecule has 0 saturated heterocycles. The second-order valence-corrected chi connectivity index (χ2v) is 4.30. The van der Waals surface area contributed by atoms with Crippen molar-refractivity contribution in [1.82, 2.24) is 5.32 Å². The molecule has 0 bridgehead atoms. The Hall–Kier alpha value is -2.74. The maximum Gasteiger partial charge on any atom is 0.261 e. The predicted molar refractivity (Wildman–Crippen MR) is 74.8 cm³/mol. The molecular formula is C15H14N2O3. The van der Waals surface area contributed by atoms with Gasteiger partial charge in [-0.2, -0.15) is 5.26 Å². The Kier molecular flexibility index (Phi) is 4.06. The van der Waals surface area contributed by atoms with Crippen LogP contribution in [0.4, 0.5) is 0 Å². The van der Waals surface area contributed by atoms with Crippen LogP contribution >= 0.6 is 0 Å². The number of hydrogen-bond acceptors (Lipinski definition) is 4.